The van der Waals surface area contributed by atoms with E-state index in [1.165, 1.54) is 83.5 Å². The lowest BCUT2D eigenvalue weighted by atomic mass is 10.1. The van der Waals surface area contributed by atoms with Crippen molar-refractivity contribution in [1.82, 2.24) is 0 Å². The molecule has 0 rings (SSSR count). The quantitative estimate of drug-likeness (QED) is 0.189. The van der Waals surface area contributed by atoms with Crippen LogP contribution in [0.25, 0.3) is 0 Å². The summed E-state index contributed by atoms with van der Waals surface area (Å²) in [7, 11) is 0. The monoisotopic (exact) mass is 319 g/mol. The molecule has 1 nitrogen and oxygen atoms in total. The molecule has 1 radical (unpaired) electrons. The first kappa shape index (κ1) is 22.1. The normalized spacial score (nSPS) is 11.7. The Kier molecular flexibility index (Phi) is 20.4. The molecule has 0 saturated carbocycles. The standard InChI is InChI=1S/C22H39O/c1-2-3-4-5-6-7-8-9-10-11-12-13-14-15-16-17-18-19-20-21-22-23/h9-10,17-18H,2-8,11-16,19-21H2,1H3. The number of allylic oxidation sites excluding steroid dienone is 4. The van der Waals surface area contributed by atoms with E-state index in [0.29, 0.717) is 6.42 Å². The van der Waals surface area contributed by atoms with E-state index >= 15 is 0 Å². The zero-order valence-electron chi connectivity index (χ0n) is 15.5. The Labute approximate surface area is 145 Å². The molecule has 0 spiro atoms. The van der Waals surface area contributed by atoms with Crippen molar-refractivity contribution in [3.05, 3.63) is 24.3 Å². The molecule has 0 N–H and O–H groups in total. The van der Waals surface area contributed by atoms with E-state index in [1.807, 2.05) is 6.29 Å². The van der Waals surface area contributed by atoms with Gasteiger partial charge in [0, 0.05) is 6.42 Å². The second kappa shape index (κ2) is 21.1. The summed E-state index contributed by atoms with van der Waals surface area (Å²) in [6.45, 7) is 2.27. The molecule has 0 aliphatic heterocycles. The van der Waals surface area contributed by atoms with Gasteiger partial charge < -0.3 is 0 Å². The first-order chi connectivity index (χ1) is 11.4. The molecule has 0 amide bonds. The van der Waals surface area contributed by atoms with Crippen LogP contribution in [0.15, 0.2) is 24.3 Å². The van der Waals surface area contributed by atoms with Gasteiger partial charge in [-0.3, -0.25) is 4.79 Å². The Morgan fingerprint density at radius 1 is 0.565 bits per heavy atom. The van der Waals surface area contributed by atoms with E-state index in [9.17, 15) is 4.79 Å². The zero-order valence-corrected chi connectivity index (χ0v) is 15.5. The highest BCUT2D eigenvalue weighted by Gasteiger charge is 1.90. The Bertz CT molecular complexity index is 278. The molecule has 0 aliphatic rings. The van der Waals surface area contributed by atoms with Gasteiger partial charge in [-0.2, -0.15) is 0 Å². The third-order valence-electron chi connectivity index (χ3n) is 4.20. The van der Waals surface area contributed by atoms with Crippen molar-refractivity contribution in [1.29, 1.82) is 0 Å². The summed E-state index contributed by atoms with van der Waals surface area (Å²) in [6, 6.07) is 0. The first-order valence-corrected chi connectivity index (χ1v) is 10.1. The Morgan fingerprint density at radius 2 is 0.957 bits per heavy atom. The zero-order chi connectivity index (χ0) is 16.8. The minimum Gasteiger partial charge on any atom is -0.291 e. The van der Waals surface area contributed by atoms with Gasteiger partial charge in [0.05, 0.1) is 0 Å². The molecule has 0 fully saturated rings. The second-order valence-corrected chi connectivity index (χ2v) is 6.53. The van der Waals surface area contributed by atoms with Crippen molar-refractivity contribution in [2.45, 2.75) is 110 Å². The van der Waals surface area contributed by atoms with Crippen LogP contribution in [0.5, 0.6) is 0 Å². The van der Waals surface area contributed by atoms with E-state index in [-0.39, 0.29) is 0 Å². The number of rotatable bonds is 18. The summed E-state index contributed by atoms with van der Waals surface area (Å²) in [6.07, 6.45) is 31.2. The molecule has 0 aliphatic carbocycles. The van der Waals surface area contributed by atoms with Crippen LogP contribution < -0.4 is 0 Å². The summed E-state index contributed by atoms with van der Waals surface area (Å²) < 4.78 is 0. The van der Waals surface area contributed by atoms with Crippen LogP contribution >= 0.6 is 0 Å². The summed E-state index contributed by atoms with van der Waals surface area (Å²) in [5, 5.41) is 0. The molecule has 0 aromatic heterocycles. The molecule has 0 atom stereocenters. The molecule has 0 bridgehead atoms. The molecule has 1 heteroatoms. The second-order valence-electron chi connectivity index (χ2n) is 6.53. The Hall–Kier alpha value is -0.850. The fourth-order valence-electron chi connectivity index (χ4n) is 2.68. The number of hydrogen-bond acceptors (Lipinski definition) is 1. The van der Waals surface area contributed by atoms with Crippen LogP contribution in [0.2, 0.25) is 0 Å². The average molecular weight is 320 g/mol. The van der Waals surface area contributed by atoms with E-state index in [0.717, 1.165) is 12.8 Å². The van der Waals surface area contributed by atoms with Crippen LogP contribution in [-0.2, 0) is 4.79 Å². The van der Waals surface area contributed by atoms with Crippen LogP contribution in [0.1, 0.15) is 110 Å². The van der Waals surface area contributed by atoms with Gasteiger partial charge >= 0.3 is 0 Å². The van der Waals surface area contributed by atoms with Crippen LogP contribution in [0, 0.1) is 0 Å². The predicted molar refractivity (Wildman–Crippen MR) is 104 cm³/mol. The maximum Gasteiger partial charge on any atom is 0.198 e. The van der Waals surface area contributed by atoms with Crippen LogP contribution in [0.3, 0.4) is 0 Å². The topological polar surface area (TPSA) is 17.1 Å². The van der Waals surface area contributed by atoms with E-state index < -0.39 is 0 Å². The number of unbranched alkanes of at least 4 members (excludes halogenated alkanes) is 13. The SMILES string of the molecule is CCCCCCCCC=CCCCCCCC=CCCC[C]=O. The highest BCUT2D eigenvalue weighted by atomic mass is 16.1. The number of hydrogen-bond donors (Lipinski definition) is 0. The lowest BCUT2D eigenvalue weighted by Crippen LogP contribution is -1.79. The molecular formula is C22H39O. The Morgan fingerprint density at radius 3 is 1.39 bits per heavy atom. The number of carbonyl (C=O) groups excluding carboxylic acids is 1. The van der Waals surface area contributed by atoms with Gasteiger partial charge in [-0.1, -0.05) is 76.2 Å². The van der Waals surface area contributed by atoms with Crippen molar-refractivity contribution in [2.75, 3.05) is 0 Å². The lowest BCUT2D eigenvalue weighted by molar-refractivity contribution is 0.549. The van der Waals surface area contributed by atoms with Crippen molar-refractivity contribution < 1.29 is 4.79 Å². The molecular weight excluding hydrogens is 280 g/mol. The highest BCUT2D eigenvalue weighted by molar-refractivity contribution is 5.50. The largest absolute Gasteiger partial charge is 0.291 e. The predicted octanol–water partition coefficient (Wildman–Crippen LogP) is 7.47. The van der Waals surface area contributed by atoms with Gasteiger partial charge in [-0.15, -0.1) is 0 Å². The van der Waals surface area contributed by atoms with Gasteiger partial charge in [0.1, 0.15) is 0 Å². The highest BCUT2D eigenvalue weighted by Crippen LogP contribution is 2.09. The van der Waals surface area contributed by atoms with Crippen molar-refractivity contribution in [3.8, 4) is 0 Å². The minimum atomic E-state index is 0.580. The molecule has 0 aromatic rings. The summed E-state index contributed by atoms with van der Waals surface area (Å²) >= 11 is 0. The maximum absolute atomic E-state index is 10.0. The van der Waals surface area contributed by atoms with Crippen molar-refractivity contribution in [2.24, 2.45) is 0 Å². The molecule has 133 valence electrons. The third kappa shape index (κ3) is 21.1. The lowest BCUT2D eigenvalue weighted by Gasteiger charge is -1.98. The molecule has 0 saturated heterocycles. The maximum atomic E-state index is 10.0. The van der Waals surface area contributed by atoms with Gasteiger partial charge in [-0.25, -0.2) is 0 Å². The van der Waals surface area contributed by atoms with Gasteiger partial charge in [0.25, 0.3) is 0 Å². The smallest absolute Gasteiger partial charge is 0.198 e. The molecule has 0 heterocycles. The van der Waals surface area contributed by atoms with E-state index in [2.05, 4.69) is 31.2 Å². The van der Waals surface area contributed by atoms with Gasteiger partial charge in [0.2, 0.25) is 0 Å². The van der Waals surface area contributed by atoms with Crippen molar-refractivity contribution in [3.63, 3.8) is 0 Å². The fraction of sp³-hybridized carbons (Fsp3) is 0.773. The molecule has 0 unspecified atom stereocenters. The van der Waals surface area contributed by atoms with Crippen LogP contribution in [-0.4, -0.2) is 6.29 Å². The van der Waals surface area contributed by atoms with Crippen LogP contribution in [0.4, 0.5) is 0 Å². The van der Waals surface area contributed by atoms with Gasteiger partial charge in [-0.05, 0) is 51.4 Å². The minimum absolute atomic E-state index is 0.580. The Balaban J connectivity index is 3.11. The fourth-order valence-corrected chi connectivity index (χ4v) is 2.68. The molecule has 0 aromatic carbocycles. The molecule has 23 heavy (non-hydrogen) atoms. The average Bonchev–Trinajstić information content (AvgIpc) is 2.57. The first-order valence-electron chi connectivity index (χ1n) is 10.1. The summed E-state index contributed by atoms with van der Waals surface area (Å²) in [5.41, 5.74) is 0. The third-order valence-corrected chi connectivity index (χ3v) is 4.20. The summed E-state index contributed by atoms with van der Waals surface area (Å²) in [5.74, 6) is 0. The van der Waals surface area contributed by atoms with E-state index in [1.54, 1.807) is 0 Å². The van der Waals surface area contributed by atoms with Gasteiger partial charge in [0.15, 0.2) is 6.29 Å². The summed E-state index contributed by atoms with van der Waals surface area (Å²) in [4.78, 5) is 10.0. The van der Waals surface area contributed by atoms with Crippen molar-refractivity contribution >= 4 is 6.29 Å². The van der Waals surface area contributed by atoms with E-state index in [4.69, 9.17) is 0 Å².